The zero-order chi connectivity index (χ0) is 45.7. The molecule has 0 N–H and O–H groups in total. The zero-order valence-electron chi connectivity index (χ0n) is 41.6. The van der Waals surface area contributed by atoms with E-state index in [1.54, 1.807) is 0 Å². The maximum absolute atomic E-state index is 2.72. The largest absolute Gasteiger partial charge is 0.334 e. The smallest absolute Gasteiger partial charge is 0.0517 e. The first kappa shape index (κ1) is 42.5. The van der Waals surface area contributed by atoms with Crippen LogP contribution in [0.4, 0.5) is 22.7 Å². The van der Waals surface area contributed by atoms with E-state index in [0.29, 0.717) is 0 Å². The van der Waals surface area contributed by atoms with E-state index in [4.69, 9.17) is 0 Å². The molecule has 2 nitrogen and oxygen atoms in total. The van der Waals surface area contributed by atoms with Gasteiger partial charge in [0.15, 0.2) is 0 Å². The average Bonchev–Trinajstić information content (AvgIpc) is 3.73. The summed E-state index contributed by atoms with van der Waals surface area (Å²) in [7, 11) is 0. The van der Waals surface area contributed by atoms with E-state index >= 15 is 0 Å². The number of nitrogens with zero attached hydrogens (tertiary/aromatic N) is 2. The van der Waals surface area contributed by atoms with Crippen molar-refractivity contribution in [2.24, 2.45) is 0 Å². The molecular weight excluding hydrogens is 785 g/mol. The highest BCUT2D eigenvalue weighted by molar-refractivity contribution is 5.88. The number of benzene rings is 6. The van der Waals surface area contributed by atoms with E-state index in [9.17, 15) is 0 Å². The Morgan fingerprint density at radius 2 is 0.692 bits per heavy atom. The van der Waals surface area contributed by atoms with E-state index in [-0.39, 0.29) is 38.2 Å². The minimum atomic E-state index is -0.127. The maximum Gasteiger partial charge on any atom is 0.0517 e. The van der Waals surface area contributed by atoms with Gasteiger partial charge in [-0.05, 0) is 178 Å². The van der Waals surface area contributed by atoms with Crippen LogP contribution in [-0.4, -0.2) is 11.1 Å². The standard InChI is InChI=1S/C63H72N2/c1-57(2,3)45-21-25-47(26-22-45)64-55-31-19-43(39-53(55)60(9)33-13-15-35-62(60,64)11)41-17-29-49-50-30-18-42(38-52(50)59(7,8)51(49)37-41)44-20-32-56-54(40-44)61(10)34-14-16-36-63(61,12)65(56)48-27-23-46(24-28-48)58(4,5)6/h17-32,37-40H,13-16,33-36H2,1-12H3. The highest BCUT2D eigenvalue weighted by Gasteiger charge is 2.59. The highest BCUT2D eigenvalue weighted by atomic mass is 15.3. The second-order valence-electron chi connectivity index (χ2n) is 24.5. The monoisotopic (exact) mass is 857 g/mol. The van der Waals surface area contributed by atoms with Crippen LogP contribution in [-0.2, 0) is 27.1 Å². The second kappa shape index (κ2) is 14.0. The fraction of sp³-hybridized carbons (Fsp3) is 0.429. The average molecular weight is 857 g/mol. The molecule has 2 heterocycles. The van der Waals surface area contributed by atoms with E-state index in [1.807, 2.05) is 0 Å². The molecule has 65 heavy (non-hydrogen) atoms. The van der Waals surface area contributed by atoms with Gasteiger partial charge >= 0.3 is 0 Å². The first-order valence-corrected chi connectivity index (χ1v) is 25.1. The van der Waals surface area contributed by atoms with Gasteiger partial charge in [0.25, 0.3) is 0 Å². The molecule has 2 heteroatoms. The third kappa shape index (κ3) is 5.96. The summed E-state index contributed by atoms with van der Waals surface area (Å²) in [5.74, 6) is 0. The SMILES string of the molecule is CC(C)(C)c1ccc(N2c3ccc(-c4ccc5c(c4)C(C)(C)c4cc(-c6ccc7c(c6)C6(C)CCCCC6(C)N7c6ccc(C(C)(C)C)cc6)ccc4-5)cc3C3(C)CCCCC23C)cc1. The molecule has 3 aliphatic carbocycles. The molecule has 6 aromatic carbocycles. The molecule has 0 bridgehead atoms. The van der Waals surface area contributed by atoms with Crippen molar-refractivity contribution in [2.45, 2.75) is 173 Å². The van der Waals surface area contributed by atoms with E-state index < -0.39 is 0 Å². The Labute approximate surface area is 391 Å². The van der Waals surface area contributed by atoms with Crippen molar-refractivity contribution >= 4 is 22.7 Å². The molecule has 4 atom stereocenters. The van der Waals surface area contributed by atoms with Gasteiger partial charge in [0, 0.05) is 39.0 Å². The second-order valence-corrected chi connectivity index (χ2v) is 24.5. The predicted molar refractivity (Wildman–Crippen MR) is 278 cm³/mol. The van der Waals surface area contributed by atoms with Crippen molar-refractivity contribution in [3.8, 4) is 33.4 Å². The summed E-state index contributed by atoms with van der Waals surface area (Å²) in [6, 6.07) is 48.5. The Morgan fingerprint density at radius 1 is 0.369 bits per heavy atom. The Bertz CT molecular complexity index is 2690. The summed E-state index contributed by atoms with van der Waals surface area (Å²) in [6.07, 6.45) is 9.98. The summed E-state index contributed by atoms with van der Waals surface area (Å²) >= 11 is 0. The van der Waals surface area contributed by atoms with Gasteiger partial charge < -0.3 is 9.80 Å². The van der Waals surface area contributed by atoms with Crippen molar-refractivity contribution in [1.29, 1.82) is 0 Å². The molecule has 334 valence electrons. The summed E-state index contributed by atoms with van der Waals surface area (Å²) in [6.45, 7) is 29.0. The summed E-state index contributed by atoms with van der Waals surface area (Å²) < 4.78 is 0. The summed E-state index contributed by atoms with van der Waals surface area (Å²) in [4.78, 5) is 5.43. The van der Waals surface area contributed by atoms with Gasteiger partial charge in [0.05, 0.1) is 11.1 Å². The van der Waals surface area contributed by atoms with Crippen molar-refractivity contribution in [2.75, 3.05) is 9.80 Å². The molecule has 0 aromatic heterocycles. The van der Waals surface area contributed by atoms with Crippen molar-refractivity contribution in [3.63, 3.8) is 0 Å². The van der Waals surface area contributed by atoms with Gasteiger partial charge in [-0.25, -0.2) is 0 Å². The normalized spacial score (nSPS) is 26.3. The summed E-state index contributed by atoms with van der Waals surface area (Å²) in [5.41, 5.74) is 22.5. The lowest BCUT2D eigenvalue weighted by Gasteiger charge is -2.50. The van der Waals surface area contributed by atoms with Gasteiger partial charge in [-0.1, -0.05) is 156 Å². The third-order valence-electron chi connectivity index (χ3n) is 18.5. The van der Waals surface area contributed by atoms with Crippen LogP contribution in [0.15, 0.2) is 121 Å². The molecule has 0 spiro atoms. The van der Waals surface area contributed by atoms with Crippen LogP contribution in [0.3, 0.4) is 0 Å². The third-order valence-corrected chi connectivity index (χ3v) is 18.5. The van der Waals surface area contributed by atoms with Gasteiger partial charge in [0.2, 0.25) is 0 Å². The fourth-order valence-corrected chi connectivity index (χ4v) is 14.0. The Balaban J connectivity index is 0.936. The van der Waals surface area contributed by atoms with E-state index in [0.717, 1.165) is 0 Å². The lowest BCUT2D eigenvalue weighted by molar-refractivity contribution is 0.195. The Hall–Kier alpha value is -5.08. The van der Waals surface area contributed by atoms with Crippen LogP contribution in [0.2, 0.25) is 0 Å². The van der Waals surface area contributed by atoms with Gasteiger partial charge in [0.1, 0.15) is 0 Å². The fourth-order valence-electron chi connectivity index (χ4n) is 14.0. The number of fused-ring (bicyclic) bond motifs is 9. The first-order chi connectivity index (χ1) is 30.7. The number of rotatable bonds is 4. The molecule has 2 aliphatic heterocycles. The van der Waals surface area contributed by atoms with Crippen molar-refractivity contribution in [3.05, 3.63) is 155 Å². The van der Waals surface area contributed by atoms with Crippen molar-refractivity contribution in [1.82, 2.24) is 0 Å². The van der Waals surface area contributed by atoms with Gasteiger partial charge in [-0.2, -0.15) is 0 Å². The lowest BCUT2D eigenvalue weighted by Crippen LogP contribution is -2.54. The number of hydrogen-bond acceptors (Lipinski definition) is 2. The van der Waals surface area contributed by atoms with E-state index in [1.165, 1.54) is 141 Å². The maximum atomic E-state index is 2.72. The first-order valence-electron chi connectivity index (χ1n) is 25.1. The van der Waals surface area contributed by atoms with Crippen LogP contribution < -0.4 is 9.80 Å². The summed E-state index contributed by atoms with van der Waals surface area (Å²) in [5, 5.41) is 0. The molecule has 11 rings (SSSR count). The topological polar surface area (TPSA) is 6.48 Å². The minimum Gasteiger partial charge on any atom is -0.334 e. The van der Waals surface area contributed by atoms with Crippen LogP contribution in [0, 0.1) is 0 Å². The molecule has 0 saturated heterocycles. The molecule has 0 radical (unpaired) electrons. The molecule has 0 amide bonds. The van der Waals surface area contributed by atoms with Crippen LogP contribution in [0.1, 0.15) is 168 Å². The van der Waals surface area contributed by atoms with Gasteiger partial charge in [-0.3, -0.25) is 0 Å². The molecule has 6 aromatic rings. The number of hydrogen-bond donors (Lipinski definition) is 0. The van der Waals surface area contributed by atoms with Crippen LogP contribution in [0.25, 0.3) is 33.4 Å². The Kier molecular flexibility index (Phi) is 9.15. The van der Waals surface area contributed by atoms with Crippen molar-refractivity contribution < 1.29 is 0 Å². The molecular formula is C63H72N2. The van der Waals surface area contributed by atoms with Crippen LogP contribution >= 0.6 is 0 Å². The molecule has 2 fully saturated rings. The molecule has 4 unspecified atom stereocenters. The van der Waals surface area contributed by atoms with Gasteiger partial charge in [-0.15, -0.1) is 0 Å². The van der Waals surface area contributed by atoms with E-state index in [2.05, 4.69) is 214 Å². The Morgan fingerprint density at radius 3 is 1.05 bits per heavy atom. The lowest BCUT2D eigenvalue weighted by atomic mass is 9.61. The highest BCUT2D eigenvalue weighted by Crippen LogP contribution is 2.63. The number of anilines is 4. The predicted octanol–water partition coefficient (Wildman–Crippen LogP) is 17.4. The zero-order valence-corrected chi connectivity index (χ0v) is 41.6. The molecule has 2 saturated carbocycles. The quantitative estimate of drug-likeness (QED) is 0.174. The van der Waals surface area contributed by atoms with Crippen LogP contribution in [0.5, 0.6) is 0 Å². The minimum absolute atomic E-state index is 0.0269. The molecule has 5 aliphatic rings.